The molecule has 136 valence electrons. The van der Waals surface area contributed by atoms with Crippen LogP contribution in [-0.2, 0) is 19.9 Å². The second kappa shape index (κ2) is 7.54. The van der Waals surface area contributed by atoms with Gasteiger partial charge >= 0.3 is 0 Å². The zero-order valence-corrected chi connectivity index (χ0v) is 16.2. The van der Waals surface area contributed by atoms with E-state index in [2.05, 4.69) is 13.8 Å². The molecule has 1 atom stereocenters. The van der Waals surface area contributed by atoms with Gasteiger partial charge in [-0.2, -0.15) is 4.31 Å². The summed E-state index contributed by atoms with van der Waals surface area (Å²) >= 11 is 0. The van der Waals surface area contributed by atoms with E-state index in [4.69, 9.17) is 0 Å². The standard InChI is InChI=1S/C17H27NO4S2/c1-4-5-11-18(16-10-12-23(19,20)13-16)24(21,22)17-8-6-15(7-9-17)14(2)3/h6-9,14,16H,4-5,10-13H2,1-3H3/t16-/m1/s1. The molecule has 0 bridgehead atoms. The van der Waals surface area contributed by atoms with Crippen LogP contribution in [0.25, 0.3) is 0 Å². The number of benzene rings is 1. The Kier molecular flexibility index (Phi) is 6.09. The molecule has 7 heteroatoms. The number of sulfonamides is 1. The van der Waals surface area contributed by atoms with E-state index in [1.807, 2.05) is 19.1 Å². The molecule has 24 heavy (non-hydrogen) atoms. The molecule has 1 fully saturated rings. The third kappa shape index (κ3) is 4.37. The van der Waals surface area contributed by atoms with Crippen molar-refractivity contribution in [1.29, 1.82) is 0 Å². The average molecular weight is 374 g/mol. The molecule has 1 saturated heterocycles. The monoisotopic (exact) mass is 373 g/mol. The molecule has 0 N–H and O–H groups in total. The number of unbranched alkanes of at least 4 members (excludes halogenated alkanes) is 1. The van der Waals surface area contributed by atoms with Crippen molar-refractivity contribution in [3.8, 4) is 0 Å². The predicted molar refractivity (Wildman–Crippen MR) is 96.4 cm³/mol. The summed E-state index contributed by atoms with van der Waals surface area (Å²) in [6.07, 6.45) is 1.97. The van der Waals surface area contributed by atoms with Gasteiger partial charge in [-0.05, 0) is 36.5 Å². The van der Waals surface area contributed by atoms with Crippen LogP contribution >= 0.6 is 0 Å². The molecule has 0 radical (unpaired) electrons. The highest BCUT2D eigenvalue weighted by molar-refractivity contribution is 7.92. The van der Waals surface area contributed by atoms with Crippen LogP contribution in [0.1, 0.15) is 51.5 Å². The first-order valence-electron chi connectivity index (χ1n) is 8.49. The van der Waals surface area contributed by atoms with E-state index in [1.54, 1.807) is 12.1 Å². The van der Waals surface area contributed by atoms with Crippen LogP contribution in [0.5, 0.6) is 0 Å². The fraction of sp³-hybridized carbons (Fsp3) is 0.647. The predicted octanol–water partition coefficient (Wildman–Crippen LogP) is 2.79. The summed E-state index contributed by atoms with van der Waals surface area (Å²) in [4.78, 5) is 0.243. The molecule has 1 aliphatic rings. The largest absolute Gasteiger partial charge is 0.243 e. The van der Waals surface area contributed by atoms with Crippen molar-refractivity contribution in [2.75, 3.05) is 18.1 Å². The maximum Gasteiger partial charge on any atom is 0.243 e. The molecule has 1 aliphatic heterocycles. The van der Waals surface area contributed by atoms with Crippen molar-refractivity contribution in [1.82, 2.24) is 4.31 Å². The Hall–Kier alpha value is -0.920. The third-order valence-corrected chi connectivity index (χ3v) is 8.22. The lowest BCUT2D eigenvalue weighted by atomic mass is 10.0. The highest BCUT2D eigenvalue weighted by atomic mass is 32.2. The Labute approximate surface area is 146 Å². The molecule has 0 aromatic heterocycles. The van der Waals surface area contributed by atoms with Crippen LogP contribution in [0, 0.1) is 0 Å². The fourth-order valence-electron chi connectivity index (χ4n) is 2.98. The molecule has 2 rings (SSSR count). The molecular formula is C17H27NO4S2. The normalized spacial score (nSPS) is 20.8. The van der Waals surface area contributed by atoms with Crippen molar-refractivity contribution >= 4 is 19.9 Å². The van der Waals surface area contributed by atoms with Crippen LogP contribution < -0.4 is 0 Å². The van der Waals surface area contributed by atoms with Gasteiger partial charge in [-0.15, -0.1) is 0 Å². The van der Waals surface area contributed by atoms with E-state index in [0.717, 1.165) is 18.4 Å². The Balaban J connectivity index is 2.32. The highest BCUT2D eigenvalue weighted by Gasteiger charge is 2.38. The lowest BCUT2D eigenvalue weighted by molar-refractivity contribution is 0.335. The van der Waals surface area contributed by atoms with Crippen LogP contribution in [0.15, 0.2) is 29.2 Å². The molecule has 5 nitrogen and oxygen atoms in total. The Morgan fingerprint density at radius 1 is 1.21 bits per heavy atom. The van der Waals surface area contributed by atoms with Crippen LogP contribution in [0.2, 0.25) is 0 Å². The second-order valence-corrected chi connectivity index (χ2v) is 10.9. The first-order valence-corrected chi connectivity index (χ1v) is 11.8. The van der Waals surface area contributed by atoms with Crippen molar-refractivity contribution in [3.63, 3.8) is 0 Å². The Morgan fingerprint density at radius 2 is 1.83 bits per heavy atom. The van der Waals surface area contributed by atoms with Gasteiger partial charge in [-0.25, -0.2) is 16.8 Å². The van der Waals surface area contributed by atoms with Gasteiger partial charge in [0.15, 0.2) is 9.84 Å². The van der Waals surface area contributed by atoms with Crippen molar-refractivity contribution < 1.29 is 16.8 Å². The van der Waals surface area contributed by atoms with E-state index in [0.29, 0.717) is 18.9 Å². The zero-order valence-electron chi connectivity index (χ0n) is 14.6. The van der Waals surface area contributed by atoms with Crippen LogP contribution in [0.3, 0.4) is 0 Å². The molecular weight excluding hydrogens is 346 g/mol. The summed E-state index contributed by atoms with van der Waals surface area (Å²) in [6.45, 7) is 6.47. The van der Waals surface area contributed by atoms with Gasteiger partial charge in [0.05, 0.1) is 16.4 Å². The van der Waals surface area contributed by atoms with Crippen LogP contribution in [0.4, 0.5) is 0 Å². The van der Waals surface area contributed by atoms with Crippen molar-refractivity contribution in [2.24, 2.45) is 0 Å². The summed E-state index contributed by atoms with van der Waals surface area (Å²) in [5.74, 6) is 0.334. The molecule has 0 aliphatic carbocycles. The quantitative estimate of drug-likeness (QED) is 0.737. The summed E-state index contributed by atoms with van der Waals surface area (Å²) in [6, 6.07) is 6.48. The topological polar surface area (TPSA) is 71.5 Å². The highest BCUT2D eigenvalue weighted by Crippen LogP contribution is 2.26. The first-order chi connectivity index (χ1) is 11.2. The van der Waals surface area contributed by atoms with E-state index >= 15 is 0 Å². The molecule has 0 saturated carbocycles. The number of hydrogen-bond acceptors (Lipinski definition) is 4. The van der Waals surface area contributed by atoms with Crippen LogP contribution in [-0.4, -0.2) is 45.2 Å². The van der Waals surface area contributed by atoms with Gasteiger partial charge in [-0.3, -0.25) is 0 Å². The smallest absolute Gasteiger partial charge is 0.229 e. The number of rotatable bonds is 7. The van der Waals surface area contributed by atoms with Crippen molar-refractivity contribution in [2.45, 2.75) is 56.9 Å². The minimum Gasteiger partial charge on any atom is -0.229 e. The molecule has 1 aromatic carbocycles. The maximum absolute atomic E-state index is 13.0. The summed E-state index contributed by atoms with van der Waals surface area (Å²) in [5.41, 5.74) is 1.08. The number of hydrogen-bond donors (Lipinski definition) is 0. The molecule has 0 spiro atoms. The summed E-state index contributed by atoms with van der Waals surface area (Å²) in [7, 11) is -6.81. The summed E-state index contributed by atoms with van der Waals surface area (Å²) in [5, 5.41) is 0. The van der Waals surface area contributed by atoms with Gasteiger partial charge < -0.3 is 0 Å². The lowest BCUT2D eigenvalue weighted by Gasteiger charge is -2.27. The third-order valence-electron chi connectivity index (χ3n) is 4.50. The molecule has 1 heterocycles. The maximum atomic E-state index is 13.0. The Bertz CT molecular complexity index is 752. The van der Waals surface area contributed by atoms with E-state index in [9.17, 15) is 16.8 Å². The lowest BCUT2D eigenvalue weighted by Crippen LogP contribution is -2.41. The zero-order chi connectivity index (χ0) is 18.0. The first kappa shape index (κ1) is 19.4. The number of sulfone groups is 1. The second-order valence-electron chi connectivity index (χ2n) is 6.75. The average Bonchev–Trinajstić information content (AvgIpc) is 2.87. The van der Waals surface area contributed by atoms with E-state index in [-0.39, 0.29) is 16.4 Å². The fourth-order valence-corrected chi connectivity index (χ4v) is 6.49. The SMILES string of the molecule is CCCCN([C@@H]1CCS(=O)(=O)C1)S(=O)(=O)c1ccc(C(C)C)cc1. The summed E-state index contributed by atoms with van der Waals surface area (Å²) < 4.78 is 51.1. The Morgan fingerprint density at radius 3 is 2.29 bits per heavy atom. The van der Waals surface area contributed by atoms with Crippen molar-refractivity contribution in [3.05, 3.63) is 29.8 Å². The van der Waals surface area contributed by atoms with E-state index in [1.165, 1.54) is 4.31 Å². The number of nitrogens with zero attached hydrogens (tertiary/aromatic N) is 1. The van der Waals surface area contributed by atoms with E-state index < -0.39 is 25.9 Å². The minimum absolute atomic E-state index is 0.0694. The van der Waals surface area contributed by atoms with Gasteiger partial charge in [-0.1, -0.05) is 39.3 Å². The molecule has 1 aromatic rings. The van der Waals surface area contributed by atoms with Gasteiger partial charge in [0.2, 0.25) is 10.0 Å². The van der Waals surface area contributed by atoms with Gasteiger partial charge in [0.1, 0.15) is 0 Å². The molecule has 0 amide bonds. The molecule has 0 unspecified atom stereocenters. The minimum atomic E-state index is -3.68. The van der Waals surface area contributed by atoms with Gasteiger partial charge in [0.25, 0.3) is 0 Å². The van der Waals surface area contributed by atoms with Gasteiger partial charge in [0, 0.05) is 12.6 Å².